The lowest BCUT2D eigenvalue weighted by molar-refractivity contribution is -0.162. The second kappa shape index (κ2) is 8.58. The van der Waals surface area contributed by atoms with Gasteiger partial charge in [0.1, 0.15) is 5.60 Å². The predicted octanol–water partition coefficient (Wildman–Crippen LogP) is 0.826. The van der Waals surface area contributed by atoms with Crippen LogP contribution in [0, 0.1) is 28.6 Å². The van der Waals surface area contributed by atoms with Crippen LogP contribution in [0.4, 0.5) is 0 Å². The number of carbonyl (C=O) groups is 1. The van der Waals surface area contributed by atoms with Crippen LogP contribution >= 0.6 is 0 Å². The number of aliphatic hydroxyl groups is 7. The summed E-state index contributed by atoms with van der Waals surface area (Å²) in [5.41, 5.74) is -4.71. The van der Waals surface area contributed by atoms with E-state index in [9.17, 15) is 40.5 Å². The van der Waals surface area contributed by atoms with E-state index in [2.05, 4.69) is 0 Å². The number of hydrogen-bond donors (Lipinski definition) is 7. The van der Waals surface area contributed by atoms with E-state index in [0.717, 1.165) is 0 Å². The highest BCUT2D eigenvalue weighted by atomic mass is 16.4. The Morgan fingerprint density at radius 2 is 1.74 bits per heavy atom. The van der Waals surface area contributed by atoms with Crippen molar-refractivity contribution in [3.8, 4) is 0 Å². The number of fused-ring (bicyclic) bond motifs is 5. The molecule has 0 heterocycles. The van der Waals surface area contributed by atoms with Gasteiger partial charge in [-0.05, 0) is 94.1 Å². The molecule has 200 valence electrons. The molecule has 0 aromatic carbocycles. The van der Waals surface area contributed by atoms with E-state index in [4.69, 9.17) is 0 Å². The normalized spacial score (nSPS) is 47.6. The van der Waals surface area contributed by atoms with E-state index in [1.54, 1.807) is 13.0 Å². The van der Waals surface area contributed by atoms with Crippen molar-refractivity contribution in [2.75, 3.05) is 6.61 Å². The molecule has 4 rings (SSSR count). The van der Waals surface area contributed by atoms with Crippen molar-refractivity contribution in [3.63, 3.8) is 0 Å². The smallest absolute Gasteiger partial charge is 0.159 e. The molecule has 7 N–H and O–H groups in total. The zero-order chi connectivity index (χ0) is 26.2. The summed E-state index contributed by atoms with van der Waals surface area (Å²) < 4.78 is 0. The van der Waals surface area contributed by atoms with Gasteiger partial charge >= 0.3 is 0 Å². The molecule has 0 spiro atoms. The van der Waals surface area contributed by atoms with Crippen LogP contribution in [0.15, 0.2) is 11.6 Å². The second-order valence-electron chi connectivity index (χ2n) is 13.0. The molecular weight excluding hydrogens is 452 g/mol. The van der Waals surface area contributed by atoms with Gasteiger partial charge < -0.3 is 35.7 Å². The number of carbonyl (C=O) groups excluding carboxylic acids is 1. The van der Waals surface area contributed by atoms with Gasteiger partial charge in [0.25, 0.3) is 0 Å². The highest BCUT2D eigenvalue weighted by Crippen LogP contribution is 2.68. The van der Waals surface area contributed by atoms with Crippen molar-refractivity contribution in [1.82, 2.24) is 0 Å². The number of hydrogen-bond acceptors (Lipinski definition) is 8. The number of rotatable bonds is 6. The standard InChI is InChI=1S/C27H44O8/c1-23-13-20(31)19(30)12-17(23)18(29)11-16-15(23)5-8-24(2)21(6-10-27(16,24)35)25(3,33)9-7-22(32)26(4,34)14-28/h11,15,17,19-22,28,30-35H,5-10,12-14H2,1-4H3/t15-,17-,19+,20-,21-,22?,23+,24+,25-,26?,27+/m0/s1. The average molecular weight is 497 g/mol. The predicted molar refractivity (Wildman–Crippen MR) is 128 cm³/mol. The minimum absolute atomic E-state index is 0.0874. The molecule has 2 unspecified atom stereocenters. The van der Waals surface area contributed by atoms with Gasteiger partial charge in [0.15, 0.2) is 5.78 Å². The first-order valence-corrected chi connectivity index (χ1v) is 13.1. The molecule has 0 amide bonds. The first kappa shape index (κ1) is 27.2. The number of aliphatic hydroxyl groups excluding tert-OH is 4. The Balaban J connectivity index is 1.62. The van der Waals surface area contributed by atoms with Crippen LogP contribution in [0.5, 0.6) is 0 Å². The molecule has 35 heavy (non-hydrogen) atoms. The Morgan fingerprint density at radius 3 is 2.37 bits per heavy atom. The molecule has 0 aliphatic heterocycles. The fourth-order valence-electron chi connectivity index (χ4n) is 8.39. The molecule has 0 aromatic rings. The topological polar surface area (TPSA) is 159 Å². The molecule has 3 fully saturated rings. The lowest BCUT2D eigenvalue weighted by Crippen LogP contribution is -2.62. The quantitative estimate of drug-likeness (QED) is 0.285. The minimum atomic E-state index is -1.66. The number of allylic oxidation sites excluding steroid dienone is 1. The van der Waals surface area contributed by atoms with E-state index in [1.165, 1.54) is 6.92 Å². The zero-order valence-corrected chi connectivity index (χ0v) is 21.4. The van der Waals surface area contributed by atoms with Gasteiger partial charge in [-0.1, -0.05) is 13.8 Å². The first-order valence-electron chi connectivity index (χ1n) is 13.1. The van der Waals surface area contributed by atoms with Gasteiger partial charge in [-0.25, -0.2) is 0 Å². The summed E-state index contributed by atoms with van der Waals surface area (Å²) in [5, 5.41) is 74.3. The van der Waals surface area contributed by atoms with Gasteiger partial charge in [0.2, 0.25) is 0 Å². The molecule has 8 nitrogen and oxygen atoms in total. The highest BCUT2D eigenvalue weighted by Gasteiger charge is 2.68. The van der Waals surface area contributed by atoms with E-state index in [-0.39, 0.29) is 42.8 Å². The van der Waals surface area contributed by atoms with Crippen LogP contribution in [-0.4, -0.2) is 83.3 Å². The summed E-state index contributed by atoms with van der Waals surface area (Å²) in [6.45, 7) is 6.45. The Bertz CT molecular complexity index is 882. The third kappa shape index (κ3) is 3.95. The fraction of sp³-hybridized carbons (Fsp3) is 0.889. The zero-order valence-electron chi connectivity index (χ0n) is 21.4. The van der Waals surface area contributed by atoms with Crippen LogP contribution in [-0.2, 0) is 4.79 Å². The van der Waals surface area contributed by atoms with Crippen LogP contribution in [0.2, 0.25) is 0 Å². The molecule has 0 aromatic heterocycles. The van der Waals surface area contributed by atoms with Crippen molar-refractivity contribution >= 4 is 5.78 Å². The molecule has 11 atom stereocenters. The summed E-state index contributed by atoms with van der Waals surface area (Å²) in [6.07, 6.45) is 1.69. The van der Waals surface area contributed by atoms with E-state index in [0.29, 0.717) is 37.7 Å². The second-order valence-corrected chi connectivity index (χ2v) is 13.0. The maximum Gasteiger partial charge on any atom is 0.159 e. The molecule has 0 bridgehead atoms. The lowest BCUT2D eigenvalue weighted by Gasteiger charge is -2.60. The summed E-state index contributed by atoms with van der Waals surface area (Å²) in [4.78, 5) is 13.3. The Kier molecular flexibility index (Phi) is 6.66. The molecule has 3 saturated carbocycles. The lowest BCUT2D eigenvalue weighted by atomic mass is 9.45. The Hall–Kier alpha value is -0.870. The molecule has 4 aliphatic rings. The van der Waals surface area contributed by atoms with Crippen molar-refractivity contribution in [2.45, 2.75) is 114 Å². The van der Waals surface area contributed by atoms with Crippen LogP contribution < -0.4 is 0 Å². The number of ketones is 1. The van der Waals surface area contributed by atoms with Crippen LogP contribution in [0.3, 0.4) is 0 Å². The molecule has 4 aliphatic carbocycles. The molecule has 8 heteroatoms. The monoisotopic (exact) mass is 496 g/mol. The maximum atomic E-state index is 13.3. The maximum absolute atomic E-state index is 13.3. The molecule has 0 saturated heterocycles. The third-order valence-corrected chi connectivity index (χ3v) is 10.8. The van der Waals surface area contributed by atoms with Crippen molar-refractivity contribution in [1.29, 1.82) is 0 Å². The van der Waals surface area contributed by atoms with E-state index < -0.39 is 52.6 Å². The Labute approximate surface area is 207 Å². The SMILES string of the molecule is CC(O)(CO)C(O)CC[C@](C)(O)[C@H]1CC[C@@]2(O)C3=CC(=O)[C@@H]4C[C@@H](O)[C@@H](O)C[C@]4(C)[C@H]3CC[C@]12C. The van der Waals surface area contributed by atoms with E-state index >= 15 is 0 Å². The average Bonchev–Trinajstić information content (AvgIpc) is 3.06. The van der Waals surface area contributed by atoms with Crippen LogP contribution in [0.25, 0.3) is 0 Å². The van der Waals surface area contributed by atoms with Crippen molar-refractivity contribution in [3.05, 3.63) is 11.6 Å². The summed E-state index contributed by atoms with van der Waals surface area (Å²) in [5.74, 6) is -0.876. The van der Waals surface area contributed by atoms with Gasteiger partial charge in [-0.3, -0.25) is 4.79 Å². The third-order valence-electron chi connectivity index (χ3n) is 10.8. The van der Waals surface area contributed by atoms with Gasteiger partial charge in [-0.2, -0.15) is 0 Å². The summed E-state index contributed by atoms with van der Waals surface area (Å²) >= 11 is 0. The van der Waals surface area contributed by atoms with Gasteiger partial charge in [0, 0.05) is 11.3 Å². The minimum Gasteiger partial charge on any atom is -0.393 e. The largest absolute Gasteiger partial charge is 0.393 e. The Morgan fingerprint density at radius 1 is 1.09 bits per heavy atom. The fourth-order valence-corrected chi connectivity index (χ4v) is 8.39. The summed E-state index contributed by atoms with van der Waals surface area (Å²) in [7, 11) is 0. The molecule has 0 radical (unpaired) electrons. The van der Waals surface area contributed by atoms with Crippen molar-refractivity contribution < 1.29 is 40.5 Å². The highest BCUT2D eigenvalue weighted by molar-refractivity contribution is 5.95. The van der Waals surface area contributed by atoms with E-state index in [1.807, 2.05) is 13.8 Å². The molecular formula is C27H44O8. The van der Waals surface area contributed by atoms with Gasteiger partial charge in [-0.15, -0.1) is 0 Å². The van der Waals surface area contributed by atoms with Gasteiger partial charge in [0.05, 0.1) is 36.1 Å². The van der Waals surface area contributed by atoms with Crippen LogP contribution in [0.1, 0.15) is 79.1 Å². The first-order chi connectivity index (χ1) is 16.0. The van der Waals surface area contributed by atoms with Crippen molar-refractivity contribution in [2.24, 2.45) is 28.6 Å². The summed E-state index contributed by atoms with van der Waals surface area (Å²) in [6, 6.07) is 0.